The van der Waals surface area contributed by atoms with E-state index in [1.54, 1.807) is 14.2 Å². The fourth-order valence-electron chi connectivity index (χ4n) is 2.46. The van der Waals surface area contributed by atoms with Crippen LogP contribution in [0.3, 0.4) is 0 Å². The Morgan fingerprint density at radius 3 is 2.40 bits per heavy atom. The summed E-state index contributed by atoms with van der Waals surface area (Å²) in [5.74, 6) is 1.62. The summed E-state index contributed by atoms with van der Waals surface area (Å²) in [6.45, 7) is 4.29. The van der Waals surface area contributed by atoms with Crippen molar-refractivity contribution in [3.63, 3.8) is 0 Å². The lowest BCUT2D eigenvalue weighted by molar-refractivity contribution is 0.0960. The molecule has 0 amide bonds. The molecule has 20 heavy (non-hydrogen) atoms. The molecule has 0 radical (unpaired) electrons. The van der Waals surface area contributed by atoms with Crippen LogP contribution in [-0.2, 0) is 0 Å². The smallest absolute Gasteiger partial charge is 0.142 e. The van der Waals surface area contributed by atoms with Gasteiger partial charge in [0.05, 0.1) is 20.3 Å². The van der Waals surface area contributed by atoms with Crippen LogP contribution in [0.5, 0.6) is 11.5 Å². The minimum atomic E-state index is -0.510. The summed E-state index contributed by atoms with van der Waals surface area (Å²) in [7, 11) is 3.23. The van der Waals surface area contributed by atoms with Gasteiger partial charge in [0.15, 0.2) is 0 Å². The number of ether oxygens (including phenoxy) is 2. The summed E-state index contributed by atoms with van der Waals surface area (Å²) in [6, 6.07) is 3.75. The highest BCUT2D eigenvalue weighted by atomic mass is 79.9. The number of rotatable bonds is 8. The molecule has 4 heteroatoms. The number of unbranched alkanes of at least 4 members (excludes halogenated alkanes) is 1. The topological polar surface area (TPSA) is 38.7 Å². The third-order valence-corrected chi connectivity index (χ3v) is 4.49. The zero-order valence-electron chi connectivity index (χ0n) is 12.8. The molecule has 2 unspecified atom stereocenters. The molecule has 0 heterocycles. The van der Waals surface area contributed by atoms with E-state index in [1.807, 2.05) is 12.1 Å². The first-order chi connectivity index (χ1) is 9.60. The van der Waals surface area contributed by atoms with Gasteiger partial charge in [-0.2, -0.15) is 0 Å². The molecule has 0 bridgehead atoms. The maximum atomic E-state index is 10.7. The number of aliphatic hydroxyl groups excluding tert-OH is 1. The third-order valence-electron chi connectivity index (χ3n) is 3.73. The van der Waals surface area contributed by atoms with Crippen LogP contribution in [0.1, 0.15) is 51.2 Å². The quantitative estimate of drug-likeness (QED) is 0.741. The highest BCUT2D eigenvalue weighted by molar-refractivity contribution is 9.10. The van der Waals surface area contributed by atoms with Crippen LogP contribution in [0.2, 0.25) is 0 Å². The van der Waals surface area contributed by atoms with Crippen molar-refractivity contribution < 1.29 is 14.6 Å². The molecule has 0 saturated carbocycles. The molecule has 114 valence electrons. The van der Waals surface area contributed by atoms with Crippen molar-refractivity contribution in [2.45, 2.75) is 45.6 Å². The van der Waals surface area contributed by atoms with E-state index in [9.17, 15) is 5.11 Å². The van der Waals surface area contributed by atoms with Crippen molar-refractivity contribution in [1.29, 1.82) is 0 Å². The van der Waals surface area contributed by atoms with Crippen molar-refractivity contribution in [2.24, 2.45) is 5.92 Å². The molecule has 0 fully saturated rings. The molecule has 2 atom stereocenters. The normalized spacial score (nSPS) is 13.9. The molecule has 0 saturated heterocycles. The average Bonchev–Trinajstić information content (AvgIpc) is 2.47. The lowest BCUT2D eigenvalue weighted by atomic mass is 9.88. The van der Waals surface area contributed by atoms with E-state index in [0.717, 1.165) is 35.7 Å². The highest BCUT2D eigenvalue weighted by Gasteiger charge is 2.24. The van der Waals surface area contributed by atoms with Crippen LogP contribution in [0.25, 0.3) is 0 Å². The maximum absolute atomic E-state index is 10.7. The largest absolute Gasteiger partial charge is 0.495 e. The van der Waals surface area contributed by atoms with E-state index in [1.165, 1.54) is 0 Å². The van der Waals surface area contributed by atoms with Gasteiger partial charge in [0, 0.05) is 5.56 Å². The lowest BCUT2D eigenvalue weighted by Gasteiger charge is -2.24. The molecule has 0 aromatic heterocycles. The van der Waals surface area contributed by atoms with Gasteiger partial charge >= 0.3 is 0 Å². The third kappa shape index (κ3) is 3.89. The Morgan fingerprint density at radius 1 is 1.20 bits per heavy atom. The number of aliphatic hydroxyl groups is 1. The van der Waals surface area contributed by atoms with Gasteiger partial charge in [-0.05, 0) is 40.4 Å². The van der Waals surface area contributed by atoms with Gasteiger partial charge in [-0.25, -0.2) is 0 Å². The molecule has 1 aromatic rings. The van der Waals surface area contributed by atoms with Gasteiger partial charge in [-0.3, -0.25) is 0 Å². The van der Waals surface area contributed by atoms with Crippen LogP contribution in [0, 0.1) is 5.92 Å². The Hall–Kier alpha value is -0.740. The standard InChI is InChI=1S/C16H25BrO3/c1-5-7-8-11(6-2)15(18)12-9-10-13(19-3)14(17)16(12)20-4/h9-11,15,18H,5-8H2,1-4H3. The van der Waals surface area contributed by atoms with Crippen molar-refractivity contribution in [3.05, 3.63) is 22.2 Å². The van der Waals surface area contributed by atoms with E-state index in [-0.39, 0.29) is 5.92 Å². The van der Waals surface area contributed by atoms with E-state index in [4.69, 9.17) is 9.47 Å². The van der Waals surface area contributed by atoms with Crippen molar-refractivity contribution in [3.8, 4) is 11.5 Å². The van der Waals surface area contributed by atoms with Gasteiger partial charge in [0.2, 0.25) is 0 Å². The molecular formula is C16H25BrO3. The molecule has 1 N–H and O–H groups in total. The van der Waals surface area contributed by atoms with E-state index in [2.05, 4.69) is 29.8 Å². The van der Waals surface area contributed by atoms with Gasteiger partial charge in [0.25, 0.3) is 0 Å². The number of hydrogen-bond donors (Lipinski definition) is 1. The maximum Gasteiger partial charge on any atom is 0.142 e. The second-order valence-corrected chi connectivity index (χ2v) is 5.75. The summed E-state index contributed by atoms with van der Waals surface area (Å²) in [4.78, 5) is 0. The fourth-order valence-corrected chi connectivity index (χ4v) is 3.14. The number of hydrogen-bond acceptors (Lipinski definition) is 3. The Bertz CT molecular complexity index is 420. The first kappa shape index (κ1) is 17.3. The van der Waals surface area contributed by atoms with E-state index >= 15 is 0 Å². The van der Waals surface area contributed by atoms with Gasteiger partial charge in [0.1, 0.15) is 16.0 Å². The van der Waals surface area contributed by atoms with E-state index < -0.39 is 6.10 Å². The predicted octanol–water partition coefficient (Wildman–Crippen LogP) is 4.72. The van der Waals surface area contributed by atoms with E-state index in [0.29, 0.717) is 11.5 Å². The van der Waals surface area contributed by atoms with Crippen LogP contribution in [0.4, 0.5) is 0 Å². The van der Waals surface area contributed by atoms with Crippen LogP contribution in [-0.4, -0.2) is 19.3 Å². The second-order valence-electron chi connectivity index (χ2n) is 4.96. The number of methoxy groups -OCH3 is 2. The molecule has 0 aliphatic heterocycles. The summed E-state index contributed by atoms with van der Waals surface area (Å²) in [5.41, 5.74) is 0.822. The van der Waals surface area contributed by atoms with Crippen LogP contribution < -0.4 is 9.47 Å². The SMILES string of the molecule is CCCCC(CC)C(O)c1ccc(OC)c(Br)c1OC. The highest BCUT2D eigenvalue weighted by Crippen LogP contribution is 2.42. The average molecular weight is 345 g/mol. The Kier molecular flexibility index (Phi) is 7.38. The lowest BCUT2D eigenvalue weighted by Crippen LogP contribution is -2.13. The van der Waals surface area contributed by atoms with Crippen molar-refractivity contribution in [2.75, 3.05) is 14.2 Å². The molecule has 1 aromatic carbocycles. The Balaban J connectivity index is 3.07. The van der Waals surface area contributed by atoms with Gasteiger partial charge < -0.3 is 14.6 Å². The van der Waals surface area contributed by atoms with Gasteiger partial charge in [-0.15, -0.1) is 0 Å². The molecule has 3 nitrogen and oxygen atoms in total. The van der Waals surface area contributed by atoms with Crippen LogP contribution >= 0.6 is 15.9 Å². The molecule has 1 rings (SSSR count). The second kappa shape index (κ2) is 8.53. The molecule has 0 aliphatic rings. The summed E-state index contributed by atoms with van der Waals surface area (Å²) in [6.07, 6.45) is 3.75. The Labute approximate surface area is 130 Å². The zero-order valence-corrected chi connectivity index (χ0v) is 14.4. The Morgan fingerprint density at radius 2 is 1.90 bits per heavy atom. The molecule has 0 spiro atoms. The number of benzene rings is 1. The minimum absolute atomic E-state index is 0.254. The first-order valence-electron chi connectivity index (χ1n) is 7.19. The molecule has 0 aliphatic carbocycles. The molecular weight excluding hydrogens is 320 g/mol. The van der Waals surface area contributed by atoms with Crippen molar-refractivity contribution >= 4 is 15.9 Å². The number of halogens is 1. The summed E-state index contributed by atoms with van der Waals surface area (Å²) >= 11 is 3.48. The first-order valence-corrected chi connectivity index (χ1v) is 7.98. The van der Waals surface area contributed by atoms with Crippen molar-refractivity contribution in [1.82, 2.24) is 0 Å². The summed E-state index contributed by atoms with van der Waals surface area (Å²) < 4.78 is 11.5. The fraction of sp³-hybridized carbons (Fsp3) is 0.625. The predicted molar refractivity (Wildman–Crippen MR) is 85.5 cm³/mol. The summed E-state index contributed by atoms with van der Waals surface area (Å²) in [5, 5.41) is 10.7. The van der Waals surface area contributed by atoms with Crippen LogP contribution in [0.15, 0.2) is 16.6 Å². The minimum Gasteiger partial charge on any atom is -0.495 e. The zero-order chi connectivity index (χ0) is 15.1. The monoisotopic (exact) mass is 344 g/mol. The van der Waals surface area contributed by atoms with Gasteiger partial charge in [-0.1, -0.05) is 33.1 Å².